The van der Waals surface area contributed by atoms with Gasteiger partial charge in [0.1, 0.15) is 17.9 Å². The fraction of sp³-hybridized carbons (Fsp3) is 0. The van der Waals surface area contributed by atoms with Crippen LogP contribution in [-0.4, -0.2) is 4.98 Å². The van der Waals surface area contributed by atoms with Crippen LogP contribution in [0.2, 0.25) is 0 Å². The van der Waals surface area contributed by atoms with Crippen LogP contribution in [0.4, 0.5) is 0 Å². The molecule has 1 aromatic carbocycles. The van der Waals surface area contributed by atoms with E-state index in [1.165, 1.54) is 17.4 Å². The highest BCUT2D eigenvalue weighted by atomic mass is 32.1. The molecular weight excluding hydrogens is 222 g/mol. The summed E-state index contributed by atoms with van der Waals surface area (Å²) in [6.07, 6.45) is 1.63. The molecule has 4 nitrogen and oxygen atoms in total. The summed E-state index contributed by atoms with van der Waals surface area (Å²) in [4.78, 5) is 3.96. The van der Waals surface area contributed by atoms with E-state index < -0.39 is 0 Å². The number of rotatable bonds is 2. The van der Waals surface area contributed by atoms with E-state index in [1.807, 2.05) is 12.1 Å². The normalized spacial score (nSPS) is 9.12. The maximum atomic E-state index is 8.83. The molecule has 0 bridgehead atoms. The topological polar surface area (TPSA) is 69.7 Å². The Bertz CT molecular complexity index is 578. The smallest absolute Gasteiger partial charge is 0.278 e. The van der Waals surface area contributed by atoms with Crippen LogP contribution in [0.25, 0.3) is 0 Å². The third kappa shape index (κ3) is 2.00. The third-order valence-corrected chi connectivity index (χ3v) is 2.49. The Morgan fingerprint density at radius 2 is 2.00 bits per heavy atom. The van der Waals surface area contributed by atoms with E-state index in [9.17, 15) is 0 Å². The van der Waals surface area contributed by atoms with Crippen molar-refractivity contribution in [3.05, 3.63) is 40.9 Å². The largest absolute Gasteiger partial charge is 0.431 e. The fourth-order valence-electron chi connectivity index (χ4n) is 1.14. The molecule has 0 saturated heterocycles. The van der Waals surface area contributed by atoms with Crippen molar-refractivity contribution >= 4 is 11.3 Å². The number of thiazole rings is 1. The monoisotopic (exact) mass is 227 g/mol. The first-order chi connectivity index (χ1) is 7.83. The van der Waals surface area contributed by atoms with Crippen LogP contribution >= 0.6 is 11.3 Å². The maximum Gasteiger partial charge on any atom is 0.278 e. The van der Waals surface area contributed by atoms with Crippen molar-refractivity contribution in [2.75, 3.05) is 0 Å². The summed E-state index contributed by atoms with van der Waals surface area (Å²) in [5, 5.41) is 19.9. The van der Waals surface area contributed by atoms with Crippen LogP contribution in [0.5, 0.6) is 10.9 Å². The van der Waals surface area contributed by atoms with Crippen LogP contribution < -0.4 is 4.74 Å². The van der Waals surface area contributed by atoms with Crippen molar-refractivity contribution in [1.29, 1.82) is 10.5 Å². The molecule has 1 aromatic heterocycles. The molecule has 0 atom stereocenters. The van der Waals surface area contributed by atoms with Crippen molar-refractivity contribution in [2.24, 2.45) is 0 Å². The van der Waals surface area contributed by atoms with E-state index in [-0.39, 0.29) is 0 Å². The second-order valence-electron chi connectivity index (χ2n) is 2.83. The van der Waals surface area contributed by atoms with Crippen molar-refractivity contribution in [3.8, 4) is 23.1 Å². The number of nitriles is 2. The van der Waals surface area contributed by atoms with Crippen LogP contribution in [-0.2, 0) is 0 Å². The summed E-state index contributed by atoms with van der Waals surface area (Å²) in [6.45, 7) is 0. The minimum Gasteiger partial charge on any atom is -0.431 e. The number of aromatic nitrogens is 1. The Hall–Kier alpha value is -2.37. The van der Waals surface area contributed by atoms with Gasteiger partial charge in [-0.15, -0.1) is 0 Å². The van der Waals surface area contributed by atoms with Gasteiger partial charge in [-0.25, -0.2) is 4.98 Å². The molecule has 2 rings (SSSR count). The molecule has 0 fully saturated rings. The van der Waals surface area contributed by atoms with Crippen LogP contribution in [0.15, 0.2) is 29.8 Å². The molecule has 0 N–H and O–H groups in total. The van der Waals surface area contributed by atoms with Gasteiger partial charge in [0.25, 0.3) is 5.19 Å². The molecule has 0 aliphatic heterocycles. The van der Waals surface area contributed by atoms with E-state index in [1.54, 1.807) is 23.7 Å². The average Bonchev–Trinajstić information content (AvgIpc) is 2.81. The summed E-state index contributed by atoms with van der Waals surface area (Å²) in [5.41, 5.74) is 0.644. The molecule has 16 heavy (non-hydrogen) atoms. The van der Waals surface area contributed by atoms with E-state index in [2.05, 4.69) is 4.98 Å². The van der Waals surface area contributed by atoms with Gasteiger partial charge in [0.2, 0.25) is 0 Å². The van der Waals surface area contributed by atoms with Crippen molar-refractivity contribution in [2.45, 2.75) is 0 Å². The highest BCUT2D eigenvalue weighted by Crippen LogP contribution is 2.24. The van der Waals surface area contributed by atoms with Crippen LogP contribution in [0, 0.1) is 22.7 Å². The molecule has 0 spiro atoms. The zero-order valence-electron chi connectivity index (χ0n) is 8.04. The molecule has 0 saturated carbocycles. The molecule has 0 aliphatic rings. The van der Waals surface area contributed by atoms with Gasteiger partial charge in [0.15, 0.2) is 0 Å². The Morgan fingerprint density at radius 3 is 2.62 bits per heavy atom. The molecule has 0 radical (unpaired) electrons. The number of ether oxygens (including phenoxy) is 1. The zero-order valence-corrected chi connectivity index (χ0v) is 8.86. The highest BCUT2D eigenvalue weighted by Gasteiger charge is 2.05. The second kappa shape index (κ2) is 4.43. The molecule has 0 unspecified atom stereocenters. The molecule has 1 heterocycles. The van der Waals surface area contributed by atoms with Crippen LogP contribution in [0.3, 0.4) is 0 Å². The number of benzene rings is 1. The van der Waals surface area contributed by atoms with Gasteiger partial charge in [-0.1, -0.05) is 11.3 Å². The first kappa shape index (κ1) is 10.2. The lowest BCUT2D eigenvalue weighted by molar-refractivity contribution is 0.478. The minimum atomic E-state index is 0.302. The molecule has 0 amide bonds. The Labute approximate surface area is 96.0 Å². The summed E-state index contributed by atoms with van der Waals surface area (Å²) in [7, 11) is 0. The Morgan fingerprint density at radius 1 is 1.19 bits per heavy atom. The molecule has 5 heteroatoms. The predicted molar refractivity (Wildman–Crippen MR) is 58.1 cm³/mol. The number of hydrogen-bond donors (Lipinski definition) is 0. The molecule has 0 aliphatic carbocycles. The number of nitrogens with zero attached hydrogens (tertiary/aromatic N) is 3. The standard InChI is InChI=1S/C11H5N3OS/c12-6-8-1-2-10(5-9(8)7-13)15-11-14-3-4-16-11/h1-5H. The zero-order chi connectivity index (χ0) is 11.4. The molecule has 76 valence electrons. The van der Waals surface area contributed by atoms with E-state index in [4.69, 9.17) is 15.3 Å². The average molecular weight is 227 g/mol. The third-order valence-electron chi connectivity index (χ3n) is 1.85. The summed E-state index contributed by atoms with van der Waals surface area (Å²) in [6, 6.07) is 8.61. The van der Waals surface area contributed by atoms with Gasteiger partial charge in [0.05, 0.1) is 11.1 Å². The van der Waals surface area contributed by atoms with Gasteiger partial charge >= 0.3 is 0 Å². The quantitative estimate of drug-likeness (QED) is 0.790. The predicted octanol–water partition coefficient (Wildman–Crippen LogP) is 2.68. The van der Waals surface area contributed by atoms with Crippen molar-refractivity contribution < 1.29 is 4.74 Å². The molecular formula is C11H5N3OS. The molecule has 2 aromatic rings. The highest BCUT2D eigenvalue weighted by molar-refractivity contribution is 7.11. The Balaban J connectivity index is 2.31. The van der Waals surface area contributed by atoms with E-state index in [0.29, 0.717) is 22.1 Å². The van der Waals surface area contributed by atoms with Gasteiger partial charge in [-0.05, 0) is 18.2 Å². The minimum absolute atomic E-state index is 0.302. The lowest BCUT2D eigenvalue weighted by Gasteiger charge is -2.02. The summed E-state index contributed by atoms with van der Waals surface area (Å²) >= 11 is 1.36. The number of hydrogen-bond acceptors (Lipinski definition) is 5. The van der Waals surface area contributed by atoms with Gasteiger partial charge in [-0.3, -0.25) is 0 Å². The Kier molecular flexibility index (Phi) is 2.81. The van der Waals surface area contributed by atoms with Crippen molar-refractivity contribution in [1.82, 2.24) is 4.98 Å². The first-order valence-corrected chi connectivity index (χ1v) is 5.23. The fourth-order valence-corrected chi connectivity index (χ4v) is 1.64. The van der Waals surface area contributed by atoms with Crippen molar-refractivity contribution in [3.63, 3.8) is 0 Å². The van der Waals surface area contributed by atoms with Gasteiger partial charge in [0, 0.05) is 11.6 Å². The van der Waals surface area contributed by atoms with Gasteiger partial charge < -0.3 is 4.74 Å². The lowest BCUT2D eigenvalue weighted by Crippen LogP contribution is -1.87. The first-order valence-electron chi connectivity index (χ1n) is 4.35. The van der Waals surface area contributed by atoms with E-state index >= 15 is 0 Å². The van der Waals surface area contributed by atoms with E-state index in [0.717, 1.165) is 0 Å². The SMILES string of the molecule is N#Cc1ccc(Oc2nccs2)cc1C#N. The maximum absolute atomic E-state index is 8.83. The summed E-state index contributed by atoms with van der Waals surface area (Å²) < 4.78 is 5.41. The van der Waals surface area contributed by atoms with Crippen LogP contribution in [0.1, 0.15) is 11.1 Å². The lowest BCUT2D eigenvalue weighted by atomic mass is 10.1. The van der Waals surface area contributed by atoms with Gasteiger partial charge in [-0.2, -0.15) is 10.5 Å². The summed E-state index contributed by atoms with van der Waals surface area (Å²) in [5.74, 6) is 0.505. The second-order valence-corrected chi connectivity index (χ2v) is 3.69.